The Bertz CT molecular complexity index is 731. The van der Waals surface area contributed by atoms with Crippen LogP contribution in [-0.4, -0.2) is 24.8 Å². The Labute approximate surface area is 122 Å². The molecule has 1 fully saturated rings. The number of fused-ring (bicyclic) bond motifs is 2. The molecule has 0 amide bonds. The highest BCUT2D eigenvalue weighted by atomic mass is 16.7. The number of nitrogens with zero attached hydrogens (tertiary/aromatic N) is 1. The Kier molecular flexibility index (Phi) is 3.07. The summed E-state index contributed by atoms with van der Waals surface area (Å²) < 4.78 is 16.1. The van der Waals surface area contributed by atoms with E-state index in [4.69, 9.17) is 13.9 Å². The van der Waals surface area contributed by atoms with Gasteiger partial charge in [0, 0.05) is 24.1 Å². The summed E-state index contributed by atoms with van der Waals surface area (Å²) >= 11 is 0. The molecule has 0 saturated carbocycles. The van der Waals surface area contributed by atoms with Gasteiger partial charge in [-0.2, -0.15) is 0 Å². The zero-order valence-corrected chi connectivity index (χ0v) is 11.8. The second-order valence-corrected chi connectivity index (χ2v) is 5.63. The van der Waals surface area contributed by atoms with Crippen molar-refractivity contribution in [2.75, 3.05) is 19.9 Å². The summed E-state index contributed by atoms with van der Waals surface area (Å²) in [5.41, 5.74) is 1.26. The topological polar surface area (TPSA) is 51.9 Å². The maximum atomic E-state index is 11.8. The van der Waals surface area contributed by atoms with Gasteiger partial charge in [0.25, 0.3) is 0 Å². The summed E-state index contributed by atoms with van der Waals surface area (Å²) in [6.07, 6.45) is 3.75. The molecule has 0 atom stereocenters. The maximum absolute atomic E-state index is 11.8. The molecule has 1 saturated heterocycles. The van der Waals surface area contributed by atoms with Crippen LogP contribution in [0.25, 0.3) is 11.0 Å². The first-order valence-corrected chi connectivity index (χ1v) is 7.38. The molecule has 2 aliphatic rings. The van der Waals surface area contributed by atoms with Crippen molar-refractivity contribution in [2.24, 2.45) is 0 Å². The number of rotatable bonds is 2. The molecule has 0 N–H and O–H groups in total. The van der Waals surface area contributed by atoms with Crippen LogP contribution in [-0.2, 0) is 6.54 Å². The fourth-order valence-electron chi connectivity index (χ4n) is 3.11. The smallest absolute Gasteiger partial charge is 0.336 e. The lowest BCUT2D eigenvalue weighted by atomic mass is 10.1. The van der Waals surface area contributed by atoms with E-state index in [0.717, 1.165) is 36.3 Å². The summed E-state index contributed by atoms with van der Waals surface area (Å²) in [5, 5.41) is 0.935. The minimum absolute atomic E-state index is 0.220. The summed E-state index contributed by atoms with van der Waals surface area (Å²) in [5.74, 6) is 1.36. The summed E-state index contributed by atoms with van der Waals surface area (Å²) in [6, 6.07) is 5.26. The first-order chi connectivity index (χ1) is 10.3. The van der Waals surface area contributed by atoms with Crippen LogP contribution in [0.2, 0.25) is 0 Å². The minimum atomic E-state index is -0.312. The number of hydrogen-bond donors (Lipinski definition) is 0. The lowest BCUT2D eigenvalue weighted by Crippen LogP contribution is -2.29. The van der Waals surface area contributed by atoms with E-state index < -0.39 is 0 Å². The van der Waals surface area contributed by atoms with Gasteiger partial charge in [-0.15, -0.1) is 0 Å². The molecule has 0 spiro atoms. The molecular formula is C16H17NO4. The Hall–Kier alpha value is -2.01. The third kappa shape index (κ3) is 2.38. The number of ether oxygens (including phenoxy) is 2. The van der Waals surface area contributed by atoms with Gasteiger partial charge in [-0.25, -0.2) is 4.79 Å². The molecule has 3 heterocycles. The van der Waals surface area contributed by atoms with Crippen molar-refractivity contribution in [3.63, 3.8) is 0 Å². The molecular weight excluding hydrogens is 270 g/mol. The number of benzene rings is 1. The molecule has 1 aromatic carbocycles. The molecule has 5 heteroatoms. The predicted octanol–water partition coefficient (Wildman–Crippen LogP) is 2.51. The summed E-state index contributed by atoms with van der Waals surface area (Å²) in [7, 11) is 0. The summed E-state index contributed by atoms with van der Waals surface area (Å²) in [4.78, 5) is 14.2. The molecule has 4 rings (SSSR count). The van der Waals surface area contributed by atoms with E-state index in [1.54, 1.807) is 12.1 Å². The fraction of sp³-hybridized carbons (Fsp3) is 0.438. The van der Waals surface area contributed by atoms with Gasteiger partial charge >= 0.3 is 5.63 Å². The number of likely N-dealkylation sites (tertiary alicyclic amines) is 1. The van der Waals surface area contributed by atoms with Crippen LogP contribution in [0, 0.1) is 0 Å². The third-order valence-corrected chi connectivity index (χ3v) is 4.17. The van der Waals surface area contributed by atoms with E-state index in [0.29, 0.717) is 11.3 Å². The highest BCUT2D eigenvalue weighted by Crippen LogP contribution is 2.36. The molecule has 21 heavy (non-hydrogen) atoms. The van der Waals surface area contributed by atoms with Crippen LogP contribution in [0.4, 0.5) is 0 Å². The highest BCUT2D eigenvalue weighted by molar-refractivity contribution is 5.84. The molecule has 5 nitrogen and oxygen atoms in total. The monoisotopic (exact) mass is 287 g/mol. The van der Waals surface area contributed by atoms with E-state index >= 15 is 0 Å². The van der Waals surface area contributed by atoms with Gasteiger partial charge in [0.05, 0.1) is 0 Å². The van der Waals surface area contributed by atoms with Gasteiger partial charge < -0.3 is 13.9 Å². The van der Waals surface area contributed by atoms with Gasteiger partial charge in [0.1, 0.15) is 5.58 Å². The van der Waals surface area contributed by atoms with E-state index in [-0.39, 0.29) is 12.4 Å². The van der Waals surface area contributed by atoms with Crippen molar-refractivity contribution in [3.8, 4) is 11.5 Å². The Morgan fingerprint density at radius 3 is 2.57 bits per heavy atom. The average molecular weight is 287 g/mol. The average Bonchev–Trinajstić information content (AvgIpc) is 2.93. The van der Waals surface area contributed by atoms with Gasteiger partial charge in [-0.05, 0) is 37.6 Å². The lowest BCUT2D eigenvalue weighted by Gasteiger charge is -2.26. The second kappa shape index (κ2) is 5.07. The third-order valence-electron chi connectivity index (χ3n) is 4.17. The molecule has 110 valence electrons. The van der Waals surface area contributed by atoms with E-state index in [1.165, 1.54) is 19.3 Å². The van der Waals surface area contributed by atoms with Crippen molar-refractivity contribution in [3.05, 3.63) is 34.2 Å². The Balaban J connectivity index is 1.77. The van der Waals surface area contributed by atoms with Crippen molar-refractivity contribution >= 4 is 11.0 Å². The molecule has 2 aromatic rings. The van der Waals surface area contributed by atoms with Crippen molar-refractivity contribution in [1.82, 2.24) is 4.90 Å². The van der Waals surface area contributed by atoms with Gasteiger partial charge in [-0.3, -0.25) is 4.90 Å². The van der Waals surface area contributed by atoms with Crippen molar-refractivity contribution < 1.29 is 13.9 Å². The quantitative estimate of drug-likeness (QED) is 0.794. The first kappa shape index (κ1) is 12.7. The van der Waals surface area contributed by atoms with E-state index in [1.807, 2.05) is 6.07 Å². The Morgan fingerprint density at radius 2 is 1.76 bits per heavy atom. The van der Waals surface area contributed by atoms with Gasteiger partial charge in [0.15, 0.2) is 11.5 Å². The minimum Gasteiger partial charge on any atom is -0.454 e. The van der Waals surface area contributed by atoms with Crippen LogP contribution in [0.1, 0.15) is 24.8 Å². The van der Waals surface area contributed by atoms with Crippen molar-refractivity contribution in [1.29, 1.82) is 0 Å². The highest BCUT2D eigenvalue weighted by Gasteiger charge is 2.19. The molecule has 0 bridgehead atoms. The van der Waals surface area contributed by atoms with Crippen LogP contribution in [0.5, 0.6) is 11.5 Å². The van der Waals surface area contributed by atoms with E-state index in [9.17, 15) is 4.79 Å². The first-order valence-electron chi connectivity index (χ1n) is 7.38. The fourth-order valence-corrected chi connectivity index (χ4v) is 3.11. The van der Waals surface area contributed by atoms with Crippen LogP contribution < -0.4 is 15.1 Å². The molecule has 1 aromatic heterocycles. The zero-order valence-electron chi connectivity index (χ0n) is 11.8. The van der Waals surface area contributed by atoms with Gasteiger partial charge in [-0.1, -0.05) is 6.42 Å². The largest absolute Gasteiger partial charge is 0.454 e. The Morgan fingerprint density at radius 1 is 1.00 bits per heavy atom. The maximum Gasteiger partial charge on any atom is 0.336 e. The summed E-state index contributed by atoms with van der Waals surface area (Å²) in [6.45, 7) is 3.18. The lowest BCUT2D eigenvalue weighted by molar-refractivity contribution is 0.174. The molecule has 0 aliphatic carbocycles. The second-order valence-electron chi connectivity index (χ2n) is 5.63. The predicted molar refractivity (Wildman–Crippen MR) is 77.7 cm³/mol. The van der Waals surface area contributed by atoms with Gasteiger partial charge in [0.2, 0.25) is 6.79 Å². The molecule has 0 unspecified atom stereocenters. The van der Waals surface area contributed by atoms with Crippen LogP contribution in [0.15, 0.2) is 27.4 Å². The SMILES string of the molecule is O=c1cc(CN2CCCCC2)c2cc3c(cc2o1)OCO3. The molecule has 0 radical (unpaired) electrons. The zero-order chi connectivity index (χ0) is 14.2. The van der Waals surface area contributed by atoms with Crippen LogP contribution in [0.3, 0.4) is 0 Å². The molecule has 2 aliphatic heterocycles. The number of piperidine rings is 1. The van der Waals surface area contributed by atoms with Crippen molar-refractivity contribution in [2.45, 2.75) is 25.8 Å². The normalized spacial score (nSPS) is 18.3. The standard InChI is InChI=1S/C16H17NO4/c18-16-6-11(9-17-4-2-1-3-5-17)12-7-14-15(20-10-19-14)8-13(12)21-16/h6-8H,1-5,9-10H2. The van der Waals surface area contributed by atoms with E-state index in [2.05, 4.69) is 4.90 Å². The van der Waals surface area contributed by atoms with Crippen LogP contribution >= 0.6 is 0 Å². The number of hydrogen-bond acceptors (Lipinski definition) is 5.